The molecule has 12 heteroatoms. The Balaban J connectivity index is 1.62. The lowest BCUT2D eigenvalue weighted by Crippen LogP contribution is -2.35. The Kier molecular flexibility index (Phi) is 8.24. The molecule has 1 heterocycles. The number of aromatic nitrogens is 2. The first-order valence-electron chi connectivity index (χ1n) is 11.8. The number of nitrogens with zero attached hydrogens (tertiary/aromatic N) is 2. The summed E-state index contributed by atoms with van der Waals surface area (Å²) in [5.74, 6) is -5.09. The van der Waals surface area contributed by atoms with Crippen LogP contribution in [0.4, 0.5) is 22.0 Å². The highest BCUT2D eigenvalue weighted by atomic mass is 35.5. The topological polar surface area (TPSA) is 73.3 Å². The number of hydrogen-bond acceptors (Lipinski definition) is 5. The molecule has 0 unspecified atom stereocenters. The first-order chi connectivity index (χ1) is 18.9. The number of rotatable bonds is 9. The molecule has 1 N–H and O–H groups in total. The number of carbonyl (C=O) groups is 1. The fourth-order valence-electron chi connectivity index (χ4n) is 3.79. The second kappa shape index (κ2) is 11.5. The molecule has 0 bridgehead atoms. The van der Waals surface area contributed by atoms with Crippen LogP contribution < -0.4 is 10.1 Å². The summed E-state index contributed by atoms with van der Waals surface area (Å²) in [6, 6.07) is 13.9. The molecular formula is C28H21ClF5N3O3. The van der Waals surface area contributed by atoms with Crippen LogP contribution in [0.25, 0.3) is 16.7 Å². The summed E-state index contributed by atoms with van der Waals surface area (Å²) >= 11 is 6.12. The predicted octanol–water partition coefficient (Wildman–Crippen LogP) is 7.62. The molecule has 0 saturated carbocycles. The highest BCUT2D eigenvalue weighted by Crippen LogP contribution is 2.36. The minimum absolute atomic E-state index is 0.192. The van der Waals surface area contributed by atoms with E-state index in [1.54, 1.807) is 19.1 Å². The van der Waals surface area contributed by atoms with Crippen molar-refractivity contribution in [1.82, 2.24) is 15.5 Å². The van der Waals surface area contributed by atoms with Crippen LogP contribution in [-0.2, 0) is 16.8 Å². The molecule has 0 saturated heterocycles. The third-order valence-electron chi connectivity index (χ3n) is 5.71. The second-order valence-corrected chi connectivity index (χ2v) is 8.87. The molecule has 0 aliphatic carbocycles. The van der Waals surface area contributed by atoms with Gasteiger partial charge >= 0.3 is 6.18 Å². The normalized spacial score (nSPS) is 11.8. The SMILES string of the molecule is C=C(OCC)c1ccc(C(F)(F)CNC(=O)c2c(Oc3cccc(C(F)(F)F)c3)nnc3ccccc23)c(Cl)c1. The molecule has 4 rings (SSSR count). The first-order valence-corrected chi connectivity index (χ1v) is 12.2. The monoisotopic (exact) mass is 577 g/mol. The predicted molar refractivity (Wildman–Crippen MR) is 139 cm³/mol. The summed E-state index contributed by atoms with van der Waals surface area (Å²) in [6.07, 6.45) is -4.64. The second-order valence-electron chi connectivity index (χ2n) is 8.46. The Morgan fingerprint density at radius 1 is 1.00 bits per heavy atom. The molecule has 0 aliphatic heterocycles. The quantitative estimate of drug-likeness (QED) is 0.164. The van der Waals surface area contributed by atoms with E-state index in [2.05, 4.69) is 22.1 Å². The Morgan fingerprint density at radius 2 is 1.75 bits per heavy atom. The summed E-state index contributed by atoms with van der Waals surface area (Å²) in [7, 11) is 0. The molecule has 0 spiro atoms. The summed E-state index contributed by atoms with van der Waals surface area (Å²) in [5, 5.41) is 9.85. The summed E-state index contributed by atoms with van der Waals surface area (Å²) in [6.45, 7) is 4.64. The summed E-state index contributed by atoms with van der Waals surface area (Å²) in [5.41, 5.74) is -1.16. The van der Waals surface area contributed by atoms with Gasteiger partial charge in [-0.3, -0.25) is 4.79 Å². The number of halogens is 6. The third-order valence-corrected chi connectivity index (χ3v) is 6.03. The van der Waals surface area contributed by atoms with Crippen LogP contribution in [0, 0.1) is 0 Å². The maximum atomic E-state index is 15.2. The molecule has 3 aromatic carbocycles. The van der Waals surface area contributed by atoms with Gasteiger partial charge in [0.05, 0.1) is 29.3 Å². The van der Waals surface area contributed by atoms with Gasteiger partial charge in [0.25, 0.3) is 17.7 Å². The fraction of sp³-hybridized carbons (Fsp3) is 0.179. The lowest BCUT2D eigenvalue weighted by Gasteiger charge is -2.20. The number of fused-ring (bicyclic) bond motifs is 1. The Bertz CT molecular complexity index is 1580. The Hall–Kier alpha value is -4.25. The van der Waals surface area contributed by atoms with Gasteiger partial charge in [0.15, 0.2) is 0 Å². The minimum atomic E-state index is -4.64. The number of carbonyl (C=O) groups excluding carboxylic acids is 1. The van der Waals surface area contributed by atoms with Crippen molar-refractivity contribution in [2.24, 2.45) is 0 Å². The fourth-order valence-corrected chi connectivity index (χ4v) is 4.11. The van der Waals surface area contributed by atoms with Gasteiger partial charge in [-0.15, -0.1) is 10.2 Å². The van der Waals surface area contributed by atoms with Crippen LogP contribution >= 0.6 is 11.6 Å². The van der Waals surface area contributed by atoms with Gasteiger partial charge in [0.2, 0.25) is 0 Å². The summed E-state index contributed by atoms with van der Waals surface area (Å²) < 4.78 is 80.6. The van der Waals surface area contributed by atoms with Crippen LogP contribution in [0.15, 0.2) is 73.3 Å². The van der Waals surface area contributed by atoms with Crippen LogP contribution in [0.2, 0.25) is 5.02 Å². The molecule has 0 atom stereocenters. The van der Waals surface area contributed by atoms with E-state index >= 15 is 8.78 Å². The van der Waals surface area contributed by atoms with E-state index in [1.165, 1.54) is 30.3 Å². The van der Waals surface area contributed by atoms with Crippen molar-refractivity contribution in [1.29, 1.82) is 0 Å². The molecule has 40 heavy (non-hydrogen) atoms. The van der Waals surface area contributed by atoms with Crippen molar-refractivity contribution in [2.45, 2.75) is 19.0 Å². The molecule has 208 valence electrons. The van der Waals surface area contributed by atoms with Crippen molar-refractivity contribution in [3.63, 3.8) is 0 Å². The van der Waals surface area contributed by atoms with E-state index in [0.29, 0.717) is 12.2 Å². The van der Waals surface area contributed by atoms with E-state index in [-0.39, 0.29) is 33.0 Å². The average Bonchev–Trinajstić information content (AvgIpc) is 2.91. The van der Waals surface area contributed by atoms with Crippen molar-refractivity contribution in [3.8, 4) is 11.6 Å². The van der Waals surface area contributed by atoms with Gasteiger partial charge in [0.1, 0.15) is 17.1 Å². The smallest absolute Gasteiger partial charge is 0.416 e. The highest BCUT2D eigenvalue weighted by molar-refractivity contribution is 6.31. The number of nitrogens with one attached hydrogen (secondary N) is 1. The molecule has 4 aromatic rings. The first kappa shape index (κ1) is 28.8. The number of ether oxygens (including phenoxy) is 2. The highest BCUT2D eigenvalue weighted by Gasteiger charge is 2.35. The zero-order chi connectivity index (χ0) is 29.1. The van der Waals surface area contributed by atoms with E-state index in [9.17, 15) is 18.0 Å². The zero-order valence-electron chi connectivity index (χ0n) is 20.9. The molecular weight excluding hydrogens is 557 g/mol. The molecule has 0 aliphatic rings. The maximum absolute atomic E-state index is 15.2. The molecule has 1 amide bonds. The van der Waals surface area contributed by atoms with Crippen LogP contribution in [0.1, 0.15) is 34.0 Å². The number of hydrogen-bond donors (Lipinski definition) is 1. The van der Waals surface area contributed by atoms with Gasteiger partial charge in [-0.05, 0) is 37.3 Å². The Morgan fingerprint density at radius 3 is 2.45 bits per heavy atom. The zero-order valence-corrected chi connectivity index (χ0v) is 21.6. The van der Waals surface area contributed by atoms with Gasteiger partial charge in [-0.25, -0.2) is 0 Å². The number of amides is 1. The molecule has 0 fully saturated rings. The molecule has 6 nitrogen and oxygen atoms in total. The van der Waals surface area contributed by atoms with Gasteiger partial charge in [0, 0.05) is 16.5 Å². The van der Waals surface area contributed by atoms with E-state index in [1.807, 2.05) is 0 Å². The van der Waals surface area contributed by atoms with E-state index in [0.717, 1.165) is 24.3 Å². The number of benzene rings is 3. The van der Waals surface area contributed by atoms with Crippen molar-refractivity contribution >= 4 is 34.2 Å². The van der Waals surface area contributed by atoms with Crippen LogP contribution in [0.5, 0.6) is 11.6 Å². The van der Waals surface area contributed by atoms with Crippen molar-refractivity contribution in [2.75, 3.05) is 13.2 Å². The van der Waals surface area contributed by atoms with E-state index in [4.69, 9.17) is 21.1 Å². The number of alkyl halides is 5. The van der Waals surface area contributed by atoms with Crippen molar-refractivity contribution in [3.05, 3.63) is 101 Å². The lowest BCUT2D eigenvalue weighted by molar-refractivity contribution is -0.137. The van der Waals surface area contributed by atoms with Gasteiger partial charge in [-0.2, -0.15) is 22.0 Å². The lowest BCUT2D eigenvalue weighted by atomic mass is 10.0. The third kappa shape index (κ3) is 6.31. The van der Waals surface area contributed by atoms with E-state index < -0.39 is 41.6 Å². The average molecular weight is 578 g/mol. The van der Waals surface area contributed by atoms with Crippen molar-refractivity contribution < 1.29 is 36.2 Å². The minimum Gasteiger partial charge on any atom is -0.494 e. The molecule has 1 aromatic heterocycles. The maximum Gasteiger partial charge on any atom is 0.416 e. The Labute approximate surface area is 230 Å². The van der Waals surface area contributed by atoms with Gasteiger partial charge < -0.3 is 14.8 Å². The van der Waals surface area contributed by atoms with Crippen LogP contribution in [0.3, 0.4) is 0 Å². The van der Waals surface area contributed by atoms with Crippen LogP contribution in [-0.4, -0.2) is 29.3 Å². The molecule has 0 radical (unpaired) electrons. The standard InChI is InChI=1S/C28H21ClF5N3O3/c1-3-39-16(2)17-11-12-21(22(29)13-17)27(30,31)15-35-25(38)24-20-9-4-5-10-23(20)36-37-26(24)40-19-8-6-7-18(14-19)28(32,33)34/h4-14H,2-3,15H2,1H3,(H,35,38). The van der Waals surface area contributed by atoms with Gasteiger partial charge in [-0.1, -0.05) is 54.6 Å². The largest absolute Gasteiger partial charge is 0.494 e. The summed E-state index contributed by atoms with van der Waals surface area (Å²) in [4.78, 5) is 13.2.